The molecule has 0 fully saturated rings. The van der Waals surface area contributed by atoms with E-state index in [9.17, 15) is 4.79 Å². The van der Waals surface area contributed by atoms with Gasteiger partial charge < -0.3 is 10.3 Å². The van der Waals surface area contributed by atoms with Gasteiger partial charge in [0.2, 0.25) is 0 Å². The number of hydrazone groups is 1. The number of aromatic amines is 1. The highest BCUT2D eigenvalue weighted by molar-refractivity contribution is 6.00. The van der Waals surface area contributed by atoms with Gasteiger partial charge in [-0.15, -0.1) is 0 Å². The van der Waals surface area contributed by atoms with E-state index in [0.29, 0.717) is 0 Å². The maximum atomic E-state index is 11.9. The SMILES string of the molecule is Cc1cccc(NCC(=O)NN=Cc2c(C)[nH]c3ccccc23)c1. The Morgan fingerprint density at radius 3 is 2.83 bits per heavy atom. The van der Waals surface area contributed by atoms with Gasteiger partial charge in [-0.05, 0) is 37.6 Å². The van der Waals surface area contributed by atoms with Gasteiger partial charge in [0, 0.05) is 27.8 Å². The lowest BCUT2D eigenvalue weighted by Gasteiger charge is -2.05. The molecule has 3 N–H and O–H groups in total. The van der Waals surface area contributed by atoms with E-state index in [-0.39, 0.29) is 12.5 Å². The van der Waals surface area contributed by atoms with E-state index in [1.54, 1.807) is 6.21 Å². The Morgan fingerprint density at radius 1 is 1.17 bits per heavy atom. The van der Waals surface area contributed by atoms with Crippen LogP contribution in [-0.4, -0.2) is 23.7 Å². The number of anilines is 1. The van der Waals surface area contributed by atoms with Crippen LogP contribution in [0.2, 0.25) is 0 Å². The molecule has 0 aliphatic carbocycles. The van der Waals surface area contributed by atoms with Crippen molar-refractivity contribution in [3.05, 3.63) is 65.4 Å². The lowest BCUT2D eigenvalue weighted by molar-refractivity contribution is -0.119. The van der Waals surface area contributed by atoms with Crippen LogP contribution in [0.15, 0.2) is 53.6 Å². The molecule has 0 aliphatic heterocycles. The Bertz CT molecular complexity index is 895. The fourth-order valence-electron chi connectivity index (χ4n) is 2.61. The first-order chi connectivity index (χ1) is 11.6. The topological polar surface area (TPSA) is 69.3 Å². The number of fused-ring (bicyclic) bond motifs is 1. The summed E-state index contributed by atoms with van der Waals surface area (Å²) >= 11 is 0. The van der Waals surface area contributed by atoms with Gasteiger partial charge in [0.05, 0.1) is 12.8 Å². The van der Waals surface area contributed by atoms with Crippen LogP contribution >= 0.6 is 0 Å². The van der Waals surface area contributed by atoms with E-state index in [4.69, 9.17) is 0 Å². The van der Waals surface area contributed by atoms with Crippen LogP contribution in [-0.2, 0) is 4.79 Å². The minimum absolute atomic E-state index is 0.174. The molecule has 1 heterocycles. The van der Waals surface area contributed by atoms with E-state index in [0.717, 1.165) is 33.4 Å². The van der Waals surface area contributed by atoms with Crippen LogP contribution in [0.25, 0.3) is 10.9 Å². The van der Waals surface area contributed by atoms with Crippen LogP contribution < -0.4 is 10.7 Å². The maximum Gasteiger partial charge on any atom is 0.259 e. The third-order valence-electron chi connectivity index (χ3n) is 3.80. The molecule has 0 saturated heterocycles. The molecular formula is C19H20N4O. The number of nitrogens with one attached hydrogen (secondary N) is 3. The van der Waals surface area contributed by atoms with E-state index in [1.807, 2.05) is 62.4 Å². The first kappa shape index (κ1) is 15.8. The van der Waals surface area contributed by atoms with Crippen molar-refractivity contribution in [2.45, 2.75) is 13.8 Å². The third kappa shape index (κ3) is 3.63. The smallest absolute Gasteiger partial charge is 0.259 e. The molecular weight excluding hydrogens is 300 g/mol. The highest BCUT2D eigenvalue weighted by Gasteiger charge is 2.05. The molecule has 0 saturated carbocycles. The number of carbonyl (C=O) groups is 1. The molecule has 5 nitrogen and oxygen atoms in total. The van der Waals surface area contributed by atoms with E-state index >= 15 is 0 Å². The standard InChI is InChI=1S/C19H20N4O/c1-13-6-5-7-15(10-13)20-12-19(24)23-21-11-17-14(2)22-18-9-4-3-8-16(17)18/h3-11,20,22H,12H2,1-2H3,(H,23,24). The van der Waals surface area contributed by atoms with Crippen LogP contribution in [0.4, 0.5) is 5.69 Å². The van der Waals surface area contributed by atoms with Gasteiger partial charge in [-0.3, -0.25) is 4.79 Å². The molecule has 0 unspecified atom stereocenters. The third-order valence-corrected chi connectivity index (χ3v) is 3.80. The Labute approximate surface area is 140 Å². The summed E-state index contributed by atoms with van der Waals surface area (Å²) in [5.41, 5.74) is 7.68. The quantitative estimate of drug-likeness (QED) is 0.498. The molecule has 0 aliphatic rings. The Hall–Kier alpha value is -3.08. The zero-order chi connectivity index (χ0) is 16.9. The van der Waals surface area contributed by atoms with Gasteiger partial charge in [0.25, 0.3) is 5.91 Å². The van der Waals surface area contributed by atoms with Crippen molar-refractivity contribution in [2.24, 2.45) is 5.10 Å². The highest BCUT2D eigenvalue weighted by atomic mass is 16.2. The minimum Gasteiger partial charge on any atom is -0.376 e. The predicted molar refractivity (Wildman–Crippen MR) is 98.4 cm³/mol. The van der Waals surface area contributed by atoms with E-state index in [1.165, 1.54) is 0 Å². The molecule has 1 aromatic heterocycles. The van der Waals surface area contributed by atoms with Crippen molar-refractivity contribution in [1.82, 2.24) is 10.4 Å². The number of H-pyrrole nitrogens is 1. The number of hydrogen-bond acceptors (Lipinski definition) is 3. The van der Waals surface area contributed by atoms with Gasteiger partial charge in [0.1, 0.15) is 0 Å². The summed E-state index contributed by atoms with van der Waals surface area (Å²) in [5, 5.41) is 8.24. The number of carbonyl (C=O) groups excluding carboxylic acids is 1. The zero-order valence-corrected chi connectivity index (χ0v) is 13.8. The summed E-state index contributed by atoms with van der Waals surface area (Å²) in [6.07, 6.45) is 1.68. The molecule has 3 rings (SSSR count). The average molecular weight is 320 g/mol. The van der Waals surface area contributed by atoms with Crippen molar-refractivity contribution < 1.29 is 4.79 Å². The molecule has 2 aromatic carbocycles. The number of aromatic nitrogens is 1. The molecule has 0 bridgehead atoms. The Balaban J connectivity index is 1.59. The highest BCUT2D eigenvalue weighted by Crippen LogP contribution is 2.19. The monoisotopic (exact) mass is 320 g/mol. The first-order valence-electron chi connectivity index (χ1n) is 7.83. The molecule has 24 heavy (non-hydrogen) atoms. The molecule has 0 atom stereocenters. The zero-order valence-electron chi connectivity index (χ0n) is 13.8. The van der Waals surface area contributed by atoms with Gasteiger partial charge in [-0.1, -0.05) is 30.3 Å². The van der Waals surface area contributed by atoms with Crippen LogP contribution in [0.5, 0.6) is 0 Å². The second-order valence-corrected chi connectivity index (χ2v) is 5.73. The van der Waals surface area contributed by atoms with E-state index < -0.39 is 0 Å². The van der Waals surface area contributed by atoms with Gasteiger partial charge in [-0.25, -0.2) is 5.43 Å². The Morgan fingerprint density at radius 2 is 2.00 bits per heavy atom. The fourth-order valence-corrected chi connectivity index (χ4v) is 2.61. The van der Waals surface area contributed by atoms with Crippen molar-refractivity contribution in [1.29, 1.82) is 0 Å². The van der Waals surface area contributed by atoms with Gasteiger partial charge in [0.15, 0.2) is 0 Å². The normalized spacial score (nSPS) is 11.1. The lowest BCUT2D eigenvalue weighted by atomic mass is 10.1. The molecule has 5 heteroatoms. The van der Waals surface area contributed by atoms with Crippen molar-refractivity contribution in [3.63, 3.8) is 0 Å². The summed E-state index contributed by atoms with van der Waals surface area (Å²) < 4.78 is 0. The maximum absolute atomic E-state index is 11.9. The first-order valence-corrected chi connectivity index (χ1v) is 7.83. The number of aryl methyl sites for hydroxylation is 2. The van der Waals surface area contributed by atoms with E-state index in [2.05, 4.69) is 20.8 Å². The average Bonchev–Trinajstić information content (AvgIpc) is 2.89. The summed E-state index contributed by atoms with van der Waals surface area (Å²) in [6.45, 7) is 4.18. The number of para-hydroxylation sites is 1. The second-order valence-electron chi connectivity index (χ2n) is 5.73. The number of amides is 1. The molecule has 1 amide bonds. The molecule has 0 spiro atoms. The molecule has 0 radical (unpaired) electrons. The number of nitrogens with zero attached hydrogens (tertiary/aromatic N) is 1. The van der Waals surface area contributed by atoms with Crippen LogP contribution in [0.1, 0.15) is 16.8 Å². The summed E-state index contributed by atoms with van der Waals surface area (Å²) in [4.78, 5) is 15.2. The minimum atomic E-state index is -0.190. The molecule has 3 aromatic rings. The predicted octanol–water partition coefficient (Wildman–Crippen LogP) is 3.35. The summed E-state index contributed by atoms with van der Waals surface area (Å²) in [5.74, 6) is -0.190. The molecule has 122 valence electrons. The fraction of sp³-hybridized carbons (Fsp3) is 0.158. The van der Waals surface area contributed by atoms with Crippen LogP contribution in [0, 0.1) is 13.8 Å². The number of rotatable bonds is 5. The number of hydrogen-bond donors (Lipinski definition) is 3. The summed E-state index contributed by atoms with van der Waals surface area (Å²) in [7, 11) is 0. The second kappa shape index (κ2) is 7.00. The largest absolute Gasteiger partial charge is 0.376 e. The van der Waals surface area contributed by atoms with Gasteiger partial charge in [-0.2, -0.15) is 5.10 Å². The lowest BCUT2D eigenvalue weighted by Crippen LogP contribution is -2.25. The van der Waals surface area contributed by atoms with Crippen molar-refractivity contribution in [2.75, 3.05) is 11.9 Å². The summed E-state index contributed by atoms with van der Waals surface area (Å²) in [6, 6.07) is 15.9. The Kier molecular flexibility index (Phi) is 4.61. The van der Waals surface area contributed by atoms with Crippen molar-refractivity contribution >= 4 is 28.7 Å². The van der Waals surface area contributed by atoms with Crippen molar-refractivity contribution in [3.8, 4) is 0 Å². The van der Waals surface area contributed by atoms with Gasteiger partial charge >= 0.3 is 0 Å². The van der Waals surface area contributed by atoms with Crippen LogP contribution in [0.3, 0.4) is 0 Å². The number of benzene rings is 2.